The molecule has 0 spiro atoms. The number of hydrogen-bond acceptors (Lipinski definition) is 5. The summed E-state index contributed by atoms with van der Waals surface area (Å²) < 4.78 is 6.91. The van der Waals surface area contributed by atoms with E-state index in [1.807, 2.05) is 35.7 Å². The van der Waals surface area contributed by atoms with Crippen LogP contribution >= 0.6 is 33.9 Å². The Morgan fingerprint density at radius 2 is 2.10 bits per heavy atom. The summed E-state index contributed by atoms with van der Waals surface area (Å²) in [6.45, 7) is 3.26. The van der Waals surface area contributed by atoms with Gasteiger partial charge in [-0.15, -0.1) is 11.3 Å². The molecule has 6 heteroatoms. The summed E-state index contributed by atoms with van der Waals surface area (Å²) in [5.74, 6) is 2.43. The first-order valence-electron chi connectivity index (χ1n) is 6.63. The van der Waals surface area contributed by atoms with Crippen molar-refractivity contribution in [2.24, 2.45) is 0 Å². The molecule has 108 valence electrons. The predicted molar refractivity (Wildman–Crippen MR) is 95.1 cm³/mol. The van der Waals surface area contributed by atoms with Gasteiger partial charge in [-0.3, -0.25) is 0 Å². The highest BCUT2D eigenvalue weighted by atomic mass is 127. The van der Waals surface area contributed by atoms with Gasteiger partial charge < -0.3 is 10.1 Å². The van der Waals surface area contributed by atoms with Crippen LogP contribution in [0.2, 0.25) is 0 Å². The average Bonchev–Trinajstić information content (AvgIpc) is 2.95. The van der Waals surface area contributed by atoms with Crippen LogP contribution in [-0.2, 0) is 6.61 Å². The van der Waals surface area contributed by atoms with Gasteiger partial charge in [-0.05, 0) is 53.1 Å². The molecule has 0 aliphatic rings. The van der Waals surface area contributed by atoms with Gasteiger partial charge in [0.05, 0.1) is 8.96 Å². The molecule has 2 heterocycles. The van der Waals surface area contributed by atoms with Gasteiger partial charge in [0.2, 0.25) is 0 Å². The molecule has 0 unspecified atom stereocenters. The summed E-state index contributed by atoms with van der Waals surface area (Å²) in [7, 11) is 0. The Hall–Kier alpha value is -1.41. The molecule has 1 aromatic carbocycles. The molecule has 4 nitrogen and oxygen atoms in total. The van der Waals surface area contributed by atoms with Crippen molar-refractivity contribution in [1.29, 1.82) is 0 Å². The highest BCUT2D eigenvalue weighted by Gasteiger charge is 2.09. The van der Waals surface area contributed by atoms with Crippen molar-refractivity contribution in [3.05, 3.63) is 45.1 Å². The van der Waals surface area contributed by atoms with E-state index in [0.29, 0.717) is 12.4 Å². The number of nitrogens with zero attached hydrogens (tertiary/aromatic N) is 2. The molecule has 3 rings (SSSR count). The molecule has 0 bridgehead atoms. The zero-order valence-electron chi connectivity index (χ0n) is 11.5. The molecule has 0 aliphatic carbocycles. The Labute approximate surface area is 140 Å². The smallest absolute Gasteiger partial charge is 0.169 e. The molecular formula is C15H14IN3OS. The average molecular weight is 411 g/mol. The van der Waals surface area contributed by atoms with Crippen molar-refractivity contribution in [3.8, 4) is 5.75 Å². The summed E-state index contributed by atoms with van der Waals surface area (Å²) in [5, 5.41) is 6.39. The van der Waals surface area contributed by atoms with E-state index in [0.717, 1.165) is 31.9 Å². The SMILES string of the molecule is CCNc1nc(COc2ccccc2I)nc2sccc12. The van der Waals surface area contributed by atoms with Crippen LogP contribution in [0, 0.1) is 3.57 Å². The fourth-order valence-corrected chi connectivity index (χ4v) is 3.30. The van der Waals surface area contributed by atoms with Crippen LogP contribution in [0.4, 0.5) is 5.82 Å². The van der Waals surface area contributed by atoms with Crippen LogP contribution in [0.5, 0.6) is 5.75 Å². The topological polar surface area (TPSA) is 47.0 Å². The number of fused-ring (bicyclic) bond motifs is 1. The van der Waals surface area contributed by atoms with Crippen LogP contribution in [0.1, 0.15) is 12.7 Å². The first kappa shape index (κ1) is 14.5. The van der Waals surface area contributed by atoms with E-state index in [-0.39, 0.29) is 0 Å². The second-order valence-corrected chi connectivity index (χ2v) is 6.43. The second kappa shape index (κ2) is 6.57. The maximum Gasteiger partial charge on any atom is 0.169 e. The quantitative estimate of drug-likeness (QED) is 0.636. The highest BCUT2D eigenvalue weighted by Crippen LogP contribution is 2.26. The van der Waals surface area contributed by atoms with Gasteiger partial charge in [0.15, 0.2) is 5.82 Å². The monoisotopic (exact) mass is 411 g/mol. The minimum atomic E-state index is 0.367. The van der Waals surface area contributed by atoms with Crippen molar-refractivity contribution >= 4 is 50.0 Å². The number of ether oxygens (including phenoxy) is 1. The predicted octanol–water partition coefficient (Wildman–Crippen LogP) is 4.31. The van der Waals surface area contributed by atoms with Gasteiger partial charge in [0, 0.05) is 6.54 Å². The maximum absolute atomic E-state index is 5.83. The molecular weight excluding hydrogens is 397 g/mol. The molecule has 0 saturated heterocycles. The number of thiophene rings is 1. The molecule has 0 aliphatic heterocycles. The van der Waals surface area contributed by atoms with E-state index in [2.05, 4.69) is 44.8 Å². The number of hydrogen-bond donors (Lipinski definition) is 1. The molecule has 0 atom stereocenters. The van der Waals surface area contributed by atoms with E-state index in [1.165, 1.54) is 0 Å². The lowest BCUT2D eigenvalue weighted by atomic mass is 10.3. The van der Waals surface area contributed by atoms with Gasteiger partial charge in [-0.25, -0.2) is 9.97 Å². The van der Waals surface area contributed by atoms with E-state index in [9.17, 15) is 0 Å². The third-order valence-electron chi connectivity index (χ3n) is 2.91. The molecule has 1 N–H and O–H groups in total. The van der Waals surface area contributed by atoms with Crippen LogP contribution in [-0.4, -0.2) is 16.5 Å². The van der Waals surface area contributed by atoms with Crippen LogP contribution in [0.15, 0.2) is 35.7 Å². The lowest BCUT2D eigenvalue weighted by Crippen LogP contribution is -2.06. The van der Waals surface area contributed by atoms with Crippen molar-refractivity contribution in [2.45, 2.75) is 13.5 Å². The van der Waals surface area contributed by atoms with Crippen molar-refractivity contribution < 1.29 is 4.74 Å². The third kappa shape index (κ3) is 3.26. The number of aromatic nitrogens is 2. The van der Waals surface area contributed by atoms with Crippen molar-refractivity contribution in [2.75, 3.05) is 11.9 Å². The van der Waals surface area contributed by atoms with Gasteiger partial charge in [-0.1, -0.05) is 12.1 Å². The lowest BCUT2D eigenvalue weighted by molar-refractivity contribution is 0.294. The first-order valence-corrected chi connectivity index (χ1v) is 8.59. The van der Waals surface area contributed by atoms with Crippen LogP contribution < -0.4 is 10.1 Å². The number of halogens is 1. The zero-order valence-corrected chi connectivity index (χ0v) is 14.4. The van der Waals surface area contributed by atoms with Gasteiger partial charge in [-0.2, -0.15) is 0 Å². The van der Waals surface area contributed by atoms with Crippen LogP contribution in [0.25, 0.3) is 10.2 Å². The number of para-hydroxylation sites is 1. The highest BCUT2D eigenvalue weighted by molar-refractivity contribution is 14.1. The van der Waals surface area contributed by atoms with Crippen molar-refractivity contribution in [3.63, 3.8) is 0 Å². The summed E-state index contributed by atoms with van der Waals surface area (Å²) in [4.78, 5) is 10.1. The minimum Gasteiger partial charge on any atom is -0.484 e. The van der Waals surface area contributed by atoms with E-state index in [4.69, 9.17) is 4.74 Å². The summed E-state index contributed by atoms with van der Waals surface area (Å²) >= 11 is 3.88. The molecule has 0 fully saturated rings. The zero-order chi connectivity index (χ0) is 14.7. The Morgan fingerprint density at radius 1 is 1.24 bits per heavy atom. The summed E-state index contributed by atoms with van der Waals surface area (Å²) in [6.07, 6.45) is 0. The Bertz CT molecular complexity index is 760. The number of rotatable bonds is 5. The molecule has 0 saturated carbocycles. The van der Waals surface area contributed by atoms with E-state index in [1.54, 1.807) is 11.3 Å². The summed E-state index contributed by atoms with van der Waals surface area (Å²) in [5.41, 5.74) is 0. The lowest BCUT2D eigenvalue weighted by Gasteiger charge is -2.09. The third-order valence-corrected chi connectivity index (χ3v) is 4.61. The molecule has 0 amide bonds. The number of anilines is 1. The fourth-order valence-electron chi connectivity index (χ4n) is 1.97. The van der Waals surface area contributed by atoms with Gasteiger partial charge in [0.25, 0.3) is 0 Å². The fraction of sp³-hybridized carbons (Fsp3) is 0.200. The largest absolute Gasteiger partial charge is 0.484 e. The normalized spacial score (nSPS) is 10.8. The van der Waals surface area contributed by atoms with Crippen molar-refractivity contribution in [1.82, 2.24) is 9.97 Å². The van der Waals surface area contributed by atoms with Crippen LogP contribution in [0.3, 0.4) is 0 Å². The second-order valence-electron chi connectivity index (χ2n) is 4.38. The standard InChI is InChI=1S/C15H14IN3OS/c1-2-17-14-10-7-8-21-15(10)19-13(18-14)9-20-12-6-4-3-5-11(12)16/h3-8H,2,9H2,1H3,(H,17,18,19). The Balaban J connectivity index is 1.85. The van der Waals surface area contributed by atoms with E-state index >= 15 is 0 Å². The maximum atomic E-state index is 5.83. The molecule has 3 aromatic rings. The first-order chi connectivity index (χ1) is 10.3. The molecule has 21 heavy (non-hydrogen) atoms. The van der Waals surface area contributed by atoms with Gasteiger partial charge >= 0.3 is 0 Å². The molecule has 0 radical (unpaired) electrons. The number of benzene rings is 1. The Morgan fingerprint density at radius 3 is 2.90 bits per heavy atom. The Kier molecular flexibility index (Phi) is 4.54. The van der Waals surface area contributed by atoms with Gasteiger partial charge in [0.1, 0.15) is 23.0 Å². The summed E-state index contributed by atoms with van der Waals surface area (Å²) in [6, 6.07) is 9.97. The van der Waals surface area contributed by atoms with E-state index < -0.39 is 0 Å². The number of nitrogens with one attached hydrogen (secondary N) is 1. The minimum absolute atomic E-state index is 0.367. The molecule has 2 aromatic heterocycles.